The van der Waals surface area contributed by atoms with Gasteiger partial charge in [-0.1, -0.05) is 0 Å². The molecule has 7 nitrogen and oxygen atoms in total. The van der Waals surface area contributed by atoms with Gasteiger partial charge in [-0.15, -0.1) is 0 Å². The summed E-state index contributed by atoms with van der Waals surface area (Å²) >= 11 is 0. The Kier molecular flexibility index (Phi) is 4.03. The highest BCUT2D eigenvalue weighted by molar-refractivity contribution is 5.77. The molecule has 2 aliphatic heterocycles. The second kappa shape index (κ2) is 5.53. The summed E-state index contributed by atoms with van der Waals surface area (Å²) in [4.78, 5) is 26.8. The van der Waals surface area contributed by atoms with E-state index >= 15 is 0 Å². The van der Waals surface area contributed by atoms with Crippen LogP contribution in [0.15, 0.2) is 0 Å². The van der Waals surface area contributed by atoms with Crippen molar-refractivity contribution in [2.45, 2.75) is 6.04 Å². The standard InChI is InChI=1S/C11H19N3O4/c1-13-2-4-14(5-3-13)11(17)12-9-7-18-6-8(9)10(15)16/h8-9H,2-7H2,1H3,(H,12,17)(H,15,16). The minimum Gasteiger partial charge on any atom is -0.481 e. The Balaban J connectivity index is 1.85. The first-order valence-electron chi connectivity index (χ1n) is 6.12. The van der Waals surface area contributed by atoms with Gasteiger partial charge in [0.05, 0.1) is 19.3 Å². The van der Waals surface area contributed by atoms with E-state index in [1.807, 2.05) is 7.05 Å². The van der Waals surface area contributed by atoms with Crippen molar-refractivity contribution >= 4 is 12.0 Å². The number of carbonyl (C=O) groups is 2. The van der Waals surface area contributed by atoms with Crippen molar-refractivity contribution in [1.29, 1.82) is 0 Å². The molecular formula is C11H19N3O4. The Hall–Kier alpha value is -1.34. The third kappa shape index (κ3) is 2.91. The summed E-state index contributed by atoms with van der Waals surface area (Å²) in [5.74, 6) is -1.56. The second-order valence-electron chi connectivity index (χ2n) is 4.83. The third-order valence-corrected chi connectivity index (χ3v) is 3.50. The first-order valence-corrected chi connectivity index (χ1v) is 6.12. The number of piperazine rings is 1. The van der Waals surface area contributed by atoms with Crippen LogP contribution in [0.25, 0.3) is 0 Å². The highest BCUT2D eigenvalue weighted by atomic mass is 16.5. The Morgan fingerprint density at radius 2 is 1.89 bits per heavy atom. The third-order valence-electron chi connectivity index (χ3n) is 3.50. The van der Waals surface area contributed by atoms with E-state index in [-0.39, 0.29) is 19.2 Å². The highest BCUT2D eigenvalue weighted by Crippen LogP contribution is 2.14. The molecule has 18 heavy (non-hydrogen) atoms. The predicted octanol–water partition coefficient (Wildman–Crippen LogP) is -0.957. The SMILES string of the molecule is CN1CCN(C(=O)NC2COCC2C(=O)O)CC1. The van der Waals surface area contributed by atoms with Gasteiger partial charge in [-0.05, 0) is 7.05 Å². The van der Waals surface area contributed by atoms with Crippen LogP contribution in [0.4, 0.5) is 4.79 Å². The molecule has 2 saturated heterocycles. The number of likely N-dealkylation sites (N-methyl/N-ethyl adjacent to an activating group) is 1. The van der Waals surface area contributed by atoms with Crippen molar-refractivity contribution in [3.63, 3.8) is 0 Å². The fourth-order valence-electron chi connectivity index (χ4n) is 2.20. The van der Waals surface area contributed by atoms with Crippen LogP contribution in [0.2, 0.25) is 0 Å². The van der Waals surface area contributed by atoms with Crippen LogP contribution in [0.5, 0.6) is 0 Å². The van der Waals surface area contributed by atoms with E-state index in [0.29, 0.717) is 13.1 Å². The van der Waals surface area contributed by atoms with Crippen LogP contribution in [0, 0.1) is 5.92 Å². The Morgan fingerprint density at radius 1 is 1.22 bits per heavy atom. The summed E-state index contributed by atoms with van der Waals surface area (Å²) in [6, 6.07) is -0.612. The molecule has 2 fully saturated rings. The molecule has 0 bridgehead atoms. The molecule has 2 atom stereocenters. The van der Waals surface area contributed by atoms with Crippen LogP contribution in [0.3, 0.4) is 0 Å². The van der Waals surface area contributed by atoms with Crippen LogP contribution in [-0.4, -0.2) is 79.4 Å². The van der Waals surface area contributed by atoms with Crippen LogP contribution in [0.1, 0.15) is 0 Å². The molecule has 2 unspecified atom stereocenters. The maximum absolute atomic E-state index is 12.0. The van der Waals surface area contributed by atoms with E-state index in [1.54, 1.807) is 4.90 Å². The normalized spacial score (nSPS) is 29.3. The first-order chi connectivity index (χ1) is 8.58. The molecule has 2 N–H and O–H groups in total. The number of carboxylic acids is 1. The van der Waals surface area contributed by atoms with Gasteiger partial charge in [0.15, 0.2) is 0 Å². The monoisotopic (exact) mass is 257 g/mol. The predicted molar refractivity (Wildman–Crippen MR) is 63.3 cm³/mol. The van der Waals surface area contributed by atoms with E-state index in [2.05, 4.69) is 10.2 Å². The summed E-state index contributed by atoms with van der Waals surface area (Å²) in [5, 5.41) is 11.7. The van der Waals surface area contributed by atoms with Gasteiger partial charge in [0, 0.05) is 26.2 Å². The van der Waals surface area contributed by atoms with Gasteiger partial charge >= 0.3 is 12.0 Å². The first kappa shape index (κ1) is 13.1. The number of aliphatic carboxylic acids is 1. The lowest BCUT2D eigenvalue weighted by Gasteiger charge is -2.33. The molecule has 0 aromatic heterocycles. The Labute approximate surface area is 106 Å². The smallest absolute Gasteiger partial charge is 0.317 e. The fraction of sp³-hybridized carbons (Fsp3) is 0.818. The number of nitrogens with one attached hydrogen (secondary N) is 1. The van der Waals surface area contributed by atoms with Crippen molar-refractivity contribution in [2.75, 3.05) is 46.4 Å². The molecule has 2 aliphatic rings. The quantitative estimate of drug-likeness (QED) is 0.666. The molecule has 0 saturated carbocycles. The van der Waals surface area contributed by atoms with E-state index in [9.17, 15) is 9.59 Å². The summed E-state index contributed by atoms with van der Waals surface area (Å²) in [6.45, 7) is 3.48. The molecule has 102 valence electrons. The van der Waals surface area contributed by atoms with E-state index in [1.165, 1.54) is 0 Å². The number of ether oxygens (including phenoxy) is 1. The lowest BCUT2D eigenvalue weighted by Crippen LogP contribution is -2.54. The number of hydrogen-bond donors (Lipinski definition) is 2. The van der Waals surface area contributed by atoms with Crippen molar-refractivity contribution in [3.8, 4) is 0 Å². The fourth-order valence-corrected chi connectivity index (χ4v) is 2.20. The largest absolute Gasteiger partial charge is 0.481 e. The summed E-state index contributed by atoms with van der Waals surface area (Å²) < 4.78 is 5.11. The van der Waals surface area contributed by atoms with Crippen LogP contribution >= 0.6 is 0 Å². The number of rotatable bonds is 2. The lowest BCUT2D eigenvalue weighted by atomic mass is 10.0. The summed E-state index contributed by atoms with van der Waals surface area (Å²) in [5.41, 5.74) is 0. The minimum absolute atomic E-state index is 0.170. The van der Waals surface area contributed by atoms with Crippen molar-refractivity contribution in [1.82, 2.24) is 15.1 Å². The number of carboxylic acid groups (broad SMARTS) is 1. The van der Waals surface area contributed by atoms with Gasteiger partial charge in [-0.25, -0.2) is 4.79 Å². The molecule has 0 aliphatic carbocycles. The Bertz CT molecular complexity index is 328. The molecule has 0 spiro atoms. The summed E-state index contributed by atoms with van der Waals surface area (Å²) in [6.07, 6.45) is 0. The van der Waals surface area contributed by atoms with Gasteiger partial charge in [0.1, 0.15) is 5.92 Å². The second-order valence-corrected chi connectivity index (χ2v) is 4.83. The maximum Gasteiger partial charge on any atom is 0.317 e. The van der Waals surface area contributed by atoms with Gasteiger partial charge < -0.3 is 25.0 Å². The van der Waals surface area contributed by atoms with Gasteiger partial charge in [0.25, 0.3) is 0 Å². The summed E-state index contributed by atoms with van der Waals surface area (Å²) in [7, 11) is 2.01. The average molecular weight is 257 g/mol. The average Bonchev–Trinajstić information content (AvgIpc) is 2.78. The van der Waals surface area contributed by atoms with Gasteiger partial charge in [0.2, 0.25) is 0 Å². The number of nitrogens with zero attached hydrogens (tertiary/aromatic N) is 2. The van der Waals surface area contributed by atoms with Crippen LogP contribution in [-0.2, 0) is 9.53 Å². The minimum atomic E-state index is -0.920. The topological polar surface area (TPSA) is 82.1 Å². The van der Waals surface area contributed by atoms with Crippen molar-refractivity contribution in [2.24, 2.45) is 5.92 Å². The molecule has 2 rings (SSSR count). The maximum atomic E-state index is 12.0. The van der Waals surface area contributed by atoms with Crippen LogP contribution < -0.4 is 5.32 Å². The molecule has 0 aromatic carbocycles. The van der Waals surface area contributed by atoms with Gasteiger partial charge in [-0.3, -0.25) is 4.79 Å². The molecular weight excluding hydrogens is 238 g/mol. The molecule has 0 aromatic rings. The number of carbonyl (C=O) groups excluding carboxylic acids is 1. The lowest BCUT2D eigenvalue weighted by molar-refractivity contribution is -0.142. The molecule has 2 amide bonds. The zero-order chi connectivity index (χ0) is 13.1. The van der Waals surface area contributed by atoms with E-state index in [4.69, 9.17) is 9.84 Å². The molecule has 2 heterocycles. The molecule has 7 heteroatoms. The van der Waals surface area contributed by atoms with E-state index < -0.39 is 17.9 Å². The Morgan fingerprint density at radius 3 is 2.50 bits per heavy atom. The zero-order valence-corrected chi connectivity index (χ0v) is 10.5. The van der Waals surface area contributed by atoms with E-state index in [0.717, 1.165) is 13.1 Å². The zero-order valence-electron chi connectivity index (χ0n) is 10.5. The molecule has 0 radical (unpaired) electrons. The van der Waals surface area contributed by atoms with Gasteiger partial charge in [-0.2, -0.15) is 0 Å². The highest BCUT2D eigenvalue weighted by Gasteiger charge is 2.36. The van der Waals surface area contributed by atoms with Crippen molar-refractivity contribution < 1.29 is 19.4 Å². The number of urea groups is 1. The number of hydrogen-bond acceptors (Lipinski definition) is 4. The number of amides is 2. The van der Waals surface area contributed by atoms with Crippen molar-refractivity contribution in [3.05, 3.63) is 0 Å².